The topological polar surface area (TPSA) is 71.4 Å². The molecule has 0 spiro atoms. The van der Waals surface area contributed by atoms with E-state index >= 15 is 0 Å². The van der Waals surface area contributed by atoms with E-state index in [9.17, 15) is 0 Å². The quantitative estimate of drug-likeness (QED) is 0.485. The van der Waals surface area contributed by atoms with Gasteiger partial charge in [0.1, 0.15) is 0 Å². The van der Waals surface area contributed by atoms with Crippen molar-refractivity contribution in [2.45, 2.75) is 20.8 Å². The second kappa shape index (κ2) is 10.9. The van der Waals surface area contributed by atoms with Crippen LogP contribution >= 0.6 is 0 Å². The van der Waals surface area contributed by atoms with Gasteiger partial charge in [-0.3, -0.25) is 4.90 Å². The maximum Gasteiger partial charge on any atom is 0.515 e. The van der Waals surface area contributed by atoms with Crippen LogP contribution in [0, 0.1) is 0 Å². The van der Waals surface area contributed by atoms with Gasteiger partial charge in [0.05, 0.1) is 19.4 Å². The highest BCUT2D eigenvalue weighted by molar-refractivity contribution is 6.60. The van der Waals surface area contributed by atoms with E-state index in [4.69, 9.17) is 23.5 Å². The first-order valence-corrected chi connectivity index (χ1v) is 8.47. The molecule has 0 aromatic rings. The summed E-state index contributed by atoms with van der Waals surface area (Å²) >= 11 is 0. The average molecular weight is 281 g/mol. The van der Waals surface area contributed by atoms with E-state index in [1.54, 1.807) is 0 Å². The van der Waals surface area contributed by atoms with Crippen LogP contribution in [0.15, 0.2) is 0 Å². The first-order valence-electron chi connectivity index (χ1n) is 6.53. The number of nitrogens with zero attached hydrogens (tertiary/aromatic N) is 1. The number of aliphatic hydroxyl groups is 2. The van der Waals surface area contributed by atoms with Crippen LogP contribution in [0.5, 0.6) is 0 Å². The molecule has 0 saturated heterocycles. The lowest BCUT2D eigenvalue weighted by atomic mass is 10.5. The SMILES string of the molecule is CCO[Si](CN(CCO)CCO)(OCC)OCC. The third kappa shape index (κ3) is 6.79. The Labute approximate surface area is 111 Å². The average Bonchev–Trinajstić information content (AvgIpc) is 2.30. The van der Waals surface area contributed by atoms with Crippen LogP contribution in [0.25, 0.3) is 0 Å². The fraction of sp³-hybridized carbons (Fsp3) is 1.00. The van der Waals surface area contributed by atoms with Crippen LogP contribution in [0.4, 0.5) is 0 Å². The van der Waals surface area contributed by atoms with Crippen LogP contribution in [0.3, 0.4) is 0 Å². The van der Waals surface area contributed by atoms with E-state index in [-0.39, 0.29) is 13.2 Å². The van der Waals surface area contributed by atoms with E-state index in [2.05, 4.69) is 0 Å². The van der Waals surface area contributed by atoms with Gasteiger partial charge in [-0.25, -0.2) is 0 Å². The van der Waals surface area contributed by atoms with Crippen LogP contribution in [-0.4, -0.2) is 76.2 Å². The van der Waals surface area contributed by atoms with Crippen molar-refractivity contribution in [2.24, 2.45) is 0 Å². The Morgan fingerprint density at radius 1 is 0.833 bits per heavy atom. The number of hydrogen-bond acceptors (Lipinski definition) is 6. The van der Waals surface area contributed by atoms with Gasteiger partial charge in [-0.1, -0.05) is 0 Å². The molecule has 7 heteroatoms. The smallest absolute Gasteiger partial charge is 0.395 e. The number of aliphatic hydroxyl groups excluding tert-OH is 2. The molecular weight excluding hydrogens is 254 g/mol. The van der Waals surface area contributed by atoms with E-state index in [0.717, 1.165) is 0 Å². The van der Waals surface area contributed by atoms with Crippen LogP contribution < -0.4 is 0 Å². The maximum atomic E-state index is 9.02. The third-order valence-electron chi connectivity index (χ3n) is 2.34. The van der Waals surface area contributed by atoms with Gasteiger partial charge in [0.15, 0.2) is 0 Å². The van der Waals surface area contributed by atoms with Crippen LogP contribution in [0.2, 0.25) is 0 Å². The lowest BCUT2D eigenvalue weighted by Crippen LogP contribution is -2.56. The van der Waals surface area contributed by atoms with Gasteiger partial charge >= 0.3 is 8.80 Å². The van der Waals surface area contributed by atoms with Gasteiger partial charge in [0.2, 0.25) is 0 Å². The lowest BCUT2D eigenvalue weighted by molar-refractivity contribution is 0.0517. The van der Waals surface area contributed by atoms with E-state index in [0.29, 0.717) is 39.1 Å². The standard InChI is InChI=1S/C11H27NO5Si/c1-4-15-18(16-5-2,17-6-3)11-12(7-9-13)8-10-14/h13-14H,4-11H2,1-3H3. The molecule has 0 unspecified atom stereocenters. The molecule has 0 amide bonds. The highest BCUT2D eigenvalue weighted by Gasteiger charge is 2.42. The molecule has 0 bridgehead atoms. The monoisotopic (exact) mass is 281 g/mol. The van der Waals surface area contributed by atoms with E-state index in [1.807, 2.05) is 25.7 Å². The fourth-order valence-electron chi connectivity index (χ4n) is 1.75. The summed E-state index contributed by atoms with van der Waals surface area (Å²) in [5.41, 5.74) is 0. The molecule has 0 atom stereocenters. The van der Waals surface area contributed by atoms with Crippen LogP contribution in [-0.2, 0) is 13.3 Å². The zero-order valence-corrected chi connectivity index (χ0v) is 12.7. The minimum Gasteiger partial charge on any atom is -0.395 e. The minimum atomic E-state index is -2.73. The molecule has 0 rings (SSSR count). The summed E-state index contributed by atoms with van der Waals surface area (Å²) in [5, 5.41) is 18.0. The summed E-state index contributed by atoms with van der Waals surface area (Å²) in [6, 6.07) is 0. The summed E-state index contributed by atoms with van der Waals surface area (Å²) in [4.78, 5) is 1.91. The molecule has 0 aliphatic heterocycles. The molecular formula is C11H27NO5Si. The molecule has 0 radical (unpaired) electrons. The van der Waals surface area contributed by atoms with Crippen molar-refractivity contribution < 1.29 is 23.5 Å². The molecule has 0 aliphatic rings. The summed E-state index contributed by atoms with van der Waals surface area (Å²) in [5.74, 6) is 0. The Morgan fingerprint density at radius 3 is 1.50 bits per heavy atom. The fourth-order valence-corrected chi connectivity index (χ4v) is 4.46. The minimum absolute atomic E-state index is 0.0366. The molecule has 18 heavy (non-hydrogen) atoms. The lowest BCUT2D eigenvalue weighted by Gasteiger charge is -2.33. The predicted octanol–water partition coefficient (Wildman–Crippen LogP) is -0.139. The zero-order chi connectivity index (χ0) is 13.9. The van der Waals surface area contributed by atoms with Crippen molar-refractivity contribution in [3.8, 4) is 0 Å². The number of rotatable bonds is 12. The molecule has 0 aliphatic carbocycles. The largest absolute Gasteiger partial charge is 0.515 e. The molecule has 0 saturated carbocycles. The van der Waals surface area contributed by atoms with Gasteiger partial charge in [0, 0.05) is 32.9 Å². The van der Waals surface area contributed by atoms with Crippen molar-refractivity contribution in [1.82, 2.24) is 4.90 Å². The molecule has 6 nitrogen and oxygen atoms in total. The molecule has 2 N–H and O–H groups in total. The molecule has 0 fully saturated rings. The Balaban J connectivity index is 4.66. The van der Waals surface area contributed by atoms with E-state index < -0.39 is 8.80 Å². The highest BCUT2D eigenvalue weighted by Crippen LogP contribution is 2.12. The molecule has 0 aromatic heterocycles. The maximum absolute atomic E-state index is 9.02. The van der Waals surface area contributed by atoms with Gasteiger partial charge in [-0.15, -0.1) is 0 Å². The van der Waals surface area contributed by atoms with Crippen molar-refractivity contribution in [1.29, 1.82) is 0 Å². The van der Waals surface area contributed by atoms with Crippen LogP contribution in [0.1, 0.15) is 20.8 Å². The second-order valence-corrected chi connectivity index (χ2v) is 6.25. The van der Waals surface area contributed by atoms with Crippen molar-refractivity contribution in [3.63, 3.8) is 0 Å². The Kier molecular flexibility index (Phi) is 10.8. The summed E-state index contributed by atoms with van der Waals surface area (Å²) < 4.78 is 17.2. The molecule has 0 aromatic carbocycles. The Bertz CT molecular complexity index is 173. The Morgan fingerprint density at radius 2 is 1.22 bits per heavy atom. The van der Waals surface area contributed by atoms with Crippen molar-refractivity contribution in [3.05, 3.63) is 0 Å². The van der Waals surface area contributed by atoms with Gasteiger partial charge in [0.25, 0.3) is 0 Å². The molecule has 0 heterocycles. The van der Waals surface area contributed by atoms with Gasteiger partial charge in [-0.05, 0) is 20.8 Å². The normalized spacial score (nSPS) is 12.3. The second-order valence-electron chi connectivity index (χ2n) is 3.71. The van der Waals surface area contributed by atoms with Gasteiger partial charge in [-0.2, -0.15) is 0 Å². The third-order valence-corrected chi connectivity index (χ3v) is 5.36. The van der Waals surface area contributed by atoms with E-state index in [1.165, 1.54) is 0 Å². The van der Waals surface area contributed by atoms with Crippen molar-refractivity contribution >= 4 is 8.80 Å². The first-order chi connectivity index (χ1) is 8.67. The zero-order valence-electron chi connectivity index (χ0n) is 11.7. The predicted molar refractivity (Wildman–Crippen MR) is 71.2 cm³/mol. The number of hydrogen-bond donors (Lipinski definition) is 2. The highest BCUT2D eigenvalue weighted by atomic mass is 28.4. The first kappa shape index (κ1) is 18.0. The summed E-state index contributed by atoms with van der Waals surface area (Å²) in [6.07, 6.45) is 0.490. The Hall–Kier alpha value is -0.0231. The molecule has 110 valence electrons. The summed E-state index contributed by atoms with van der Waals surface area (Å²) in [6.45, 7) is 8.32. The summed E-state index contributed by atoms with van der Waals surface area (Å²) in [7, 11) is -2.73. The van der Waals surface area contributed by atoms with Crippen molar-refractivity contribution in [2.75, 3.05) is 52.3 Å². The van der Waals surface area contributed by atoms with Gasteiger partial charge < -0.3 is 23.5 Å².